The van der Waals surface area contributed by atoms with Crippen LogP contribution >= 0.6 is 0 Å². The summed E-state index contributed by atoms with van der Waals surface area (Å²) in [5, 5.41) is 0. The second-order valence-corrected chi connectivity index (χ2v) is 4.12. The van der Waals surface area contributed by atoms with Crippen LogP contribution in [-0.4, -0.2) is 6.18 Å². The predicted octanol–water partition coefficient (Wildman–Crippen LogP) is 4.38. The van der Waals surface area contributed by atoms with Crippen LogP contribution in [0, 0.1) is 6.07 Å². The summed E-state index contributed by atoms with van der Waals surface area (Å²) in [7, 11) is 0. The van der Waals surface area contributed by atoms with Crippen LogP contribution in [0.3, 0.4) is 0 Å². The molecule has 2 rings (SSSR count). The van der Waals surface area contributed by atoms with Crippen molar-refractivity contribution in [3.05, 3.63) is 71.8 Å². The smallest absolute Gasteiger partial charge is 0.170 e. The van der Waals surface area contributed by atoms with Gasteiger partial charge in [-0.15, -0.1) is 0 Å². The second-order valence-electron chi connectivity index (χ2n) is 4.12. The lowest BCUT2D eigenvalue weighted by atomic mass is 9.91. The van der Waals surface area contributed by atoms with Crippen molar-refractivity contribution in [1.29, 1.82) is 0 Å². The van der Waals surface area contributed by atoms with Crippen LogP contribution < -0.4 is 0 Å². The molecule has 0 aliphatic rings. The normalized spacial score (nSPS) is 13.3. The van der Waals surface area contributed by atoms with E-state index in [1.807, 2.05) is 0 Å². The molecule has 93 valence electrons. The van der Waals surface area contributed by atoms with Crippen molar-refractivity contribution < 1.29 is 13.2 Å². The lowest BCUT2D eigenvalue weighted by Gasteiger charge is -2.20. The van der Waals surface area contributed by atoms with Gasteiger partial charge in [-0.25, -0.2) is 0 Å². The average Bonchev–Trinajstić information content (AvgIpc) is 2.37. The third-order valence-electron chi connectivity index (χ3n) is 2.82. The predicted molar refractivity (Wildman–Crippen MR) is 64.2 cm³/mol. The molecule has 0 amide bonds. The maximum Gasteiger partial charge on any atom is 0.396 e. The Bertz CT molecular complexity index is 474. The summed E-state index contributed by atoms with van der Waals surface area (Å²) in [5.41, 5.74) is 0.970. The number of benzene rings is 2. The first-order chi connectivity index (χ1) is 8.57. The molecule has 1 unspecified atom stereocenters. The fourth-order valence-corrected chi connectivity index (χ4v) is 1.90. The Labute approximate surface area is 104 Å². The van der Waals surface area contributed by atoms with Gasteiger partial charge in [0.05, 0.1) is 5.92 Å². The van der Waals surface area contributed by atoms with E-state index in [0.29, 0.717) is 5.56 Å². The number of alkyl halides is 3. The molecule has 0 aliphatic heterocycles. The molecule has 2 aromatic rings. The second kappa shape index (κ2) is 5.25. The fraction of sp³-hybridized carbons (Fsp3) is 0.200. The average molecular weight is 249 g/mol. The van der Waals surface area contributed by atoms with Crippen molar-refractivity contribution >= 4 is 0 Å². The molecule has 0 saturated carbocycles. The number of rotatable bonds is 3. The number of halogens is 3. The largest absolute Gasteiger partial charge is 0.396 e. The zero-order chi connectivity index (χ0) is 13.0. The monoisotopic (exact) mass is 249 g/mol. The molecule has 0 bridgehead atoms. The minimum atomic E-state index is -4.24. The fourth-order valence-electron chi connectivity index (χ4n) is 1.90. The molecule has 1 radical (unpaired) electrons. The van der Waals surface area contributed by atoms with Crippen LogP contribution in [0.4, 0.5) is 13.2 Å². The Morgan fingerprint density at radius 2 is 1.56 bits per heavy atom. The standard InChI is InChI=1S/C15H12F3/c16-15(17,18)14(13-9-5-2-6-10-13)11-12-7-3-1-4-8-12/h1,3-10,14H,11H2. The zero-order valence-electron chi connectivity index (χ0n) is 9.61. The van der Waals surface area contributed by atoms with E-state index in [1.165, 1.54) is 24.3 Å². The van der Waals surface area contributed by atoms with E-state index < -0.39 is 12.1 Å². The van der Waals surface area contributed by atoms with Gasteiger partial charge < -0.3 is 0 Å². The molecule has 2 aromatic carbocycles. The van der Waals surface area contributed by atoms with E-state index >= 15 is 0 Å². The lowest BCUT2D eigenvalue weighted by Crippen LogP contribution is -2.22. The summed E-state index contributed by atoms with van der Waals surface area (Å²) in [6.07, 6.45) is -4.27. The molecule has 0 heterocycles. The van der Waals surface area contributed by atoms with Crippen molar-refractivity contribution in [2.45, 2.75) is 18.5 Å². The first kappa shape index (κ1) is 12.7. The van der Waals surface area contributed by atoms with Gasteiger partial charge in [-0.05, 0) is 23.6 Å². The third-order valence-corrected chi connectivity index (χ3v) is 2.82. The van der Waals surface area contributed by atoms with Gasteiger partial charge in [0, 0.05) is 0 Å². The molecule has 0 fully saturated rings. The van der Waals surface area contributed by atoms with Crippen molar-refractivity contribution in [2.24, 2.45) is 0 Å². The highest BCUT2D eigenvalue weighted by molar-refractivity contribution is 5.25. The molecular weight excluding hydrogens is 237 g/mol. The van der Waals surface area contributed by atoms with E-state index in [1.54, 1.807) is 30.3 Å². The Morgan fingerprint density at radius 3 is 2.11 bits per heavy atom. The first-order valence-electron chi connectivity index (χ1n) is 5.64. The van der Waals surface area contributed by atoms with Crippen LogP contribution in [-0.2, 0) is 6.42 Å². The van der Waals surface area contributed by atoms with Crippen molar-refractivity contribution in [3.8, 4) is 0 Å². The SMILES string of the molecule is FC(F)(F)C(Cc1ccccc1)c1cc[c]cc1. The van der Waals surface area contributed by atoms with Crippen LogP contribution in [0.2, 0.25) is 0 Å². The molecule has 0 aliphatic carbocycles. The van der Waals surface area contributed by atoms with Gasteiger partial charge in [0.15, 0.2) is 0 Å². The Hall–Kier alpha value is -1.77. The highest BCUT2D eigenvalue weighted by Gasteiger charge is 2.40. The molecule has 0 nitrogen and oxygen atoms in total. The van der Waals surface area contributed by atoms with Gasteiger partial charge in [0.2, 0.25) is 0 Å². The summed E-state index contributed by atoms with van der Waals surface area (Å²) in [6.45, 7) is 0. The molecule has 0 saturated heterocycles. The number of hydrogen-bond acceptors (Lipinski definition) is 0. The summed E-state index contributed by atoms with van der Waals surface area (Å²) in [6, 6.07) is 17.4. The Kier molecular flexibility index (Phi) is 3.70. The van der Waals surface area contributed by atoms with E-state index in [-0.39, 0.29) is 12.0 Å². The van der Waals surface area contributed by atoms with Crippen LogP contribution in [0.25, 0.3) is 0 Å². The molecule has 0 aromatic heterocycles. The minimum Gasteiger partial charge on any atom is -0.170 e. The van der Waals surface area contributed by atoms with E-state index in [9.17, 15) is 13.2 Å². The van der Waals surface area contributed by atoms with Gasteiger partial charge in [0.25, 0.3) is 0 Å². The van der Waals surface area contributed by atoms with Crippen molar-refractivity contribution in [3.63, 3.8) is 0 Å². The quantitative estimate of drug-likeness (QED) is 0.757. The number of hydrogen-bond donors (Lipinski definition) is 0. The maximum absolute atomic E-state index is 13.1. The molecule has 0 N–H and O–H groups in total. The van der Waals surface area contributed by atoms with Gasteiger partial charge in [-0.2, -0.15) is 13.2 Å². The van der Waals surface area contributed by atoms with Crippen molar-refractivity contribution in [1.82, 2.24) is 0 Å². The van der Waals surface area contributed by atoms with Crippen LogP contribution in [0.5, 0.6) is 0 Å². The van der Waals surface area contributed by atoms with Crippen molar-refractivity contribution in [2.75, 3.05) is 0 Å². The van der Waals surface area contributed by atoms with Crippen LogP contribution in [0.1, 0.15) is 17.0 Å². The highest BCUT2D eigenvalue weighted by atomic mass is 19.4. The van der Waals surface area contributed by atoms with E-state index in [0.717, 1.165) is 0 Å². The molecular formula is C15H12F3. The third kappa shape index (κ3) is 3.13. The van der Waals surface area contributed by atoms with E-state index in [2.05, 4.69) is 6.07 Å². The lowest BCUT2D eigenvalue weighted by molar-refractivity contribution is -0.150. The summed E-state index contributed by atoms with van der Waals surface area (Å²) >= 11 is 0. The molecule has 3 heteroatoms. The van der Waals surface area contributed by atoms with Gasteiger partial charge >= 0.3 is 6.18 Å². The summed E-state index contributed by atoms with van der Waals surface area (Å²) in [5.74, 6) is -1.46. The maximum atomic E-state index is 13.1. The van der Waals surface area contributed by atoms with Crippen LogP contribution in [0.15, 0.2) is 54.6 Å². The Balaban J connectivity index is 2.28. The highest BCUT2D eigenvalue weighted by Crippen LogP contribution is 2.37. The van der Waals surface area contributed by atoms with E-state index in [4.69, 9.17) is 0 Å². The topological polar surface area (TPSA) is 0 Å². The van der Waals surface area contributed by atoms with Gasteiger partial charge in [-0.1, -0.05) is 54.6 Å². The molecule has 18 heavy (non-hydrogen) atoms. The summed E-state index contributed by atoms with van der Waals surface area (Å²) in [4.78, 5) is 0. The summed E-state index contributed by atoms with van der Waals surface area (Å²) < 4.78 is 39.2. The van der Waals surface area contributed by atoms with Gasteiger partial charge in [0.1, 0.15) is 0 Å². The Morgan fingerprint density at radius 1 is 0.944 bits per heavy atom. The molecule has 0 spiro atoms. The zero-order valence-corrected chi connectivity index (χ0v) is 9.61. The minimum absolute atomic E-state index is 0.0334. The molecule has 1 atom stereocenters. The first-order valence-corrected chi connectivity index (χ1v) is 5.64. The van der Waals surface area contributed by atoms with Gasteiger partial charge in [-0.3, -0.25) is 0 Å².